The van der Waals surface area contributed by atoms with Gasteiger partial charge in [-0.3, -0.25) is 9.69 Å². The van der Waals surface area contributed by atoms with Crippen LogP contribution in [-0.4, -0.2) is 35.4 Å². The van der Waals surface area contributed by atoms with Crippen molar-refractivity contribution in [2.45, 2.75) is 65.3 Å². The lowest BCUT2D eigenvalue weighted by molar-refractivity contribution is 0.0945. The fourth-order valence-corrected chi connectivity index (χ4v) is 3.62. The molecule has 0 bridgehead atoms. The number of hydrogen-bond donors (Lipinski definition) is 0. The minimum Gasteiger partial charge on any atom is -0.345 e. The fourth-order valence-electron chi connectivity index (χ4n) is 3.62. The molecule has 3 nitrogen and oxygen atoms in total. The van der Waals surface area contributed by atoms with E-state index in [1.54, 1.807) is 0 Å². The molecule has 1 aromatic heterocycles. The summed E-state index contributed by atoms with van der Waals surface area (Å²) in [6, 6.07) is 2.72. The lowest BCUT2D eigenvalue weighted by Crippen LogP contribution is -2.27. The van der Waals surface area contributed by atoms with E-state index in [-0.39, 0.29) is 5.78 Å². The Morgan fingerprint density at radius 1 is 1.33 bits per heavy atom. The number of aryl methyl sites for hydroxylation is 1. The number of Topliss-reactive ketones (excluding diaryl/α,β-unsaturated/α-hetero) is 1. The number of carbonyl (C=O) groups is 1. The van der Waals surface area contributed by atoms with Crippen LogP contribution in [0.1, 0.15) is 73.2 Å². The van der Waals surface area contributed by atoms with Gasteiger partial charge in [-0.05, 0) is 52.8 Å². The van der Waals surface area contributed by atoms with E-state index in [1.807, 2.05) is 7.05 Å². The Bertz CT molecular complexity index is 484. The molecule has 0 amide bonds. The summed E-state index contributed by atoms with van der Waals surface area (Å²) in [6.07, 6.45) is 7.51. The standard InChI is InChI=1S/C18H30N2O/c1-5-6-11-19(4)13-18(21)17-12-14(2)20(15(17)3)16-9-7-8-10-16/h12,16H,5-11,13H2,1-4H3. The number of ketones is 1. The zero-order valence-corrected chi connectivity index (χ0v) is 14.1. The zero-order chi connectivity index (χ0) is 15.4. The lowest BCUT2D eigenvalue weighted by Gasteiger charge is -2.18. The summed E-state index contributed by atoms with van der Waals surface area (Å²) < 4.78 is 2.41. The molecule has 0 atom stereocenters. The van der Waals surface area contributed by atoms with Crippen LogP contribution < -0.4 is 0 Å². The summed E-state index contributed by atoms with van der Waals surface area (Å²) in [5.74, 6) is 0.269. The van der Waals surface area contributed by atoms with Gasteiger partial charge in [0.2, 0.25) is 0 Å². The van der Waals surface area contributed by atoms with E-state index in [1.165, 1.54) is 43.5 Å². The van der Waals surface area contributed by atoms with Crippen molar-refractivity contribution in [3.8, 4) is 0 Å². The van der Waals surface area contributed by atoms with E-state index in [2.05, 4.69) is 36.3 Å². The quantitative estimate of drug-likeness (QED) is 0.705. The topological polar surface area (TPSA) is 25.2 Å². The van der Waals surface area contributed by atoms with Gasteiger partial charge in [0, 0.05) is 23.0 Å². The molecule has 1 aliphatic carbocycles. The second-order valence-corrected chi connectivity index (χ2v) is 6.61. The summed E-state index contributed by atoms with van der Waals surface area (Å²) in [5, 5.41) is 0. The van der Waals surface area contributed by atoms with Crippen molar-refractivity contribution in [1.29, 1.82) is 0 Å². The Labute approximate surface area is 129 Å². The molecular weight excluding hydrogens is 260 g/mol. The summed E-state index contributed by atoms with van der Waals surface area (Å²) >= 11 is 0. The van der Waals surface area contributed by atoms with Crippen molar-refractivity contribution >= 4 is 5.78 Å². The Kier molecular flexibility index (Phi) is 5.63. The molecule has 0 spiro atoms. The molecule has 1 aromatic rings. The van der Waals surface area contributed by atoms with Crippen LogP contribution in [0.25, 0.3) is 0 Å². The van der Waals surface area contributed by atoms with Gasteiger partial charge >= 0.3 is 0 Å². The van der Waals surface area contributed by atoms with Crippen LogP contribution in [0.2, 0.25) is 0 Å². The largest absolute Gasteiger partial charge is 0.345 e. The first-order valence-corrected chi connectivity index (χ1v) is 8.44. The fraction of sp³-hybridized carbons (Fsp3) is 0.722. The third-order valence-electron chi connectivity index (χ3n) is 4.78. The van der Waals surface area contributed by atoms with Crippen molar-refractivity contribution in [3.05, 3.63) is 23.0 Å². The van der Waals surface area contributed by atoms with Gasteiger partial charge in [-0.15, -0.1) is 0 Å². The minimum atomic E-state index is 0.269. The molecule has 118 valence electrons. The van der Waals surface area contributed by atoms with E-state index in [9.17, 15) is 4.79 Å². The summed E-state index contributed by atoms with van der Waals surface area (Å²) in [5.41, 5.74) is 3.36. The van der Waals surface area contributed by atoms with E-state index >= 15 is 0 Å². The number of unbranched alkanes of at least 4 members (excludes halogenated alkanes) is 1. The Balaban J connectivity index is 2.09. The van der Waals surface area contributed by atoms with Crippen LogP contribution in [-0.2, 0) is 0 Å². The normalized spacial score (nSPS) is 16.0. The van der Waals surface area contributed by atoms with Crippen molar-refractivity contribution < 1.29 is 4.79 Å². The van der Waals surface area contributed by atoms with Crippen molar-refractivity contribution in [2.24, 2.45) is 0 Å². The highest BCUT2D eigenvalue weighted by Gasteiger charge is 2.23. The summed E-state index contributed by atoms with van der Waals surface area (Å²) in [4.78, 5) is 14.7. The van der Waals surface area contributed by atoms with E-state index < -0.39 is 0 Å². The lowest BCUT2D eigenvalue weighted by atomic mass is 10.1. The SMILES string of the molecule is CCCCN(C)CC(=O)c1cc(C)n(C2CCCC2)c1C. The zero-order valence-electron chi connectivity index (χ0n) is 14.1. The van der Waals surface area contributed by atoms with E-state index in [4.69, 9.17) is 0 Å². The second-order valence-electron chi connectivity index (χ2n) is 6.61. The monoisotopic (exact) mass is 290 g/mol. The van der Waals surface area contributed by atoms with Gasteiger partial charge in [0.1, 0.15) is 0 Å². The minimum absolute atomic E-state index is 0.269. The van der Waals surface area contributed by atoms with Crippen LogP contribution in [0.4, 0.5) is 0 Å². The highest BCUT2D eigenvalue weighted by atomic mass is 16.1. The molecule has 21 heavy (non-hydrogen) atoms. The highest BCUT2D eigenvalue weighted by Crippen LogP contribution is 2.33. The van der Waals surface area contributed by atoms with Gasteiger partial charge in [-0.2, -0.15) is 0 Å². The van der Waals surface area contributed by atoms with Crippen LogP contribution in [0.3, 0.4) is 0 Å². The molecule has 3 heteroatoms. The molecule has 1 aliphatic rings. The first-order chi connectivity index (χ1) is 10.0. The molecule has 0 aromatic carbocycles. The molecule has 0 unspecified atom stereocenters. The Morgan fingerprint density at radius 2 is 2.00 bits per heavy atom. The molecule has 1 fully saturated rings. The van der Waals surface area contributed by atoms with Crippen molar-refractivity contribution in [2.75, 3.05) is 20.1 Å². The summed E-state index contributed by atoms with van der Waals surface area (Å²) in [6.45, 7) is 7.98. The molecule has 1 heterocycles. The number of likely N-dealkylation sites (N-methyl/N-ethyl adjacent to an activating group) is 1. The average Bonchev–Trinajstić information content (AvgIpc) is 3.04. The maximum Gasteiger partial charge on any atom is 0.178 e. The number of hydrogen-bond acceptors (Lipinski definition) is 2. The third-order valence-corrected chi connectivity index (χ3v) is 4.78. The van der Waals surface area contributed by atoms with Gasteiger partial charge in [-0.25, -0.2) is 0 Å². The smallest absolute Gasteiger partial charge is 0.178 e. The van der Waals surface area contributed by atoms with Crippen molar-refractivity contribution in [3.63, 3.8) is 0 Å². The highest BCUT2D eigenvalue weighted by molar-refractivity contribution is 5.99. The number of nitrogens with zero attached hydrogens (tertiary/aromatic N) is 2. The molecule has 1 saturated carbocycles. The molecule has 2 rings (SSSR count). The predicted octanol–water partition coefficient (Wildman–Crippen LogP) is 4.13. The van der Waals surface area contributed by atoms with Crippen LogP contribution in [0.5, 0.6) is 0 Å². The molecule has 0 N–H and O–H groups in total. The van der Waals surface area contributed by atoms with E-state index in [0.717, 1.165) is 18.5 Å². The summed E-state index contributed by atoms with van der Waals surface area (Å²) in [7, 11) is 2.05. The maximum atomic E-state index is 12.6. The molecule has 0 aliphatic heterocycles. The number of rotatable bonds is 7. The van der Waals surface area contributed by atoms with Crippen LogP contribution >= 0.6 is 0 Å². The van der Waals surface area contributed by atoms with Gasteiger partial charge in [0.15, 0.2) is 5.78 Å². The number of carbonyl (C=O) groups excluding carboxylic acids is 1. The van der Waals surface area contributed by atoms with Gasteiger partial charge in [0.25, 0.3) is 0 Å². The van der Waals surface area contributed by atoms with Gasteiger partial charge < -0.3 is 4.57 Å². The van der Waals surface area contributed by atoms with Gasteiger partial charge in [0.05, 0.1) is 6.54 Å². The first kappa shape index (κ1) is 16.3. The van der Waals surface area contributed by atoms with Gasteiger partial charge in [-0.1, -0.05) is 26.2 Å². The van der Waals surface area contributed by atoms with E-state index in [0.29, 0.717) is 12.6 Å². The van der Waals surface area contributed by atoms with Crippen molar-refractivity contribution in [1.82, 2.24) is 9.47 Å². The Morgan fingerprint density at radius 3 is 2.62 bits per heavy atom. The maximum absolute atomic E-state index is 12.6. The molecule has 0 saturated heterocycles. The first-order valence-electron chi connectivity index (χ1n) is 8.44. The predicted molar refractivity (Wildman–Crippen MR) is 88.1 cm³/mol. The molecular formula is C18H30N2O. The average molecular weight is 290 g/mol. The molecule has 0 radical (unpaired) electrons. The third kappa shape index (κ3) is 3.76. The Hall–Kier alpha value is -1.09. The van der Waals surface area contributed by atoms with Crippen LogP contribution in [0.15, 0.2) is 6.07 Å². The van der Waals surface area contributed by atoms with Crippen LogP contribution in [0, 0.1) is 13.8 Å². The second kappa shape index (κ2) is 7.26. The number of aromatic nitrogens is 1.